The van der Waals surface area contributed by atoms with Crippen molar-refractivity contribution in [3.05, 3.63) is 42.0 Å². The highest BCUT2D eigenvalue weighted by atomic mass is 31.2. The SMILES string of the molecule is CCCCCCCCCCCCCCCCCCC(=O)OCC(COP(=O)(OC)OCCNC(=O)CCCc1ccc(NC(=O)/C=C\C(C)=O)cc1)OC(=O)CCCCCCCCCCCCCCCCCC. The van der Waals surface area contributed by atoms with E-state index in [-0.39, 0.29) is 63.3 Å². The van der Waals surface area contributed by atoms with Gasteiger partial charge in [-0.05, 0) is 56.4 Å². The summed E-state index contributed by atoms with van der Waals surface area (Å²) in [6.45, 7) is 5.16. The molecule has 2 atom stereocenters. The van der Waals surface area contributed by atoms with Crippen LogP contribution in [0.2, 0.25) is 0 Å². The van der Waals surface area contributed by atoms with Crippen LogP contribution < -0.4 is 10.6 Å². The standard InChI is InChI=1S/C59H103N2O11P/c1-5-7-9-11-13-15-17-19-21-23-25-27-29-31-33-35-40-58(65)69-50-55(72-59(66)41-36-34-32-30-28-26-24-22-20-18-16-14-12-10-8-6-2)51-71-73(67,68-4)70-49-48-60-56(63)39-37-38-53-43-45-54(46-44-53)61-57(64)47-42-52(3)62/h42-47,55H,5-41,48-51H2,1-4H3,(H,60,63)(H,61,64)/b47-42-. The number of allylic oxidation sites excluding steroid dienone is 1. The predicted octanol–water partition coefficient (Wildman–Crippen LogP) is 15.8. The van der Waals surface area contributed by atoms with Gasteiger partial charge in [0.2, 0.25) is 11.8 Å². The van der Waals surface area contributed by atoms with Gasteiger partial charge in [-0.2, -0.15) is 0 Å². The molecule has 0 bridgehead atoms. The van der Waals surface area contributed by atoms with Gasteiger partial charge in [-0.1, -0.05) is 219 Å². The van der Waals surface area contributed by atoms with Crippen LogP contribution in [0.5, 0.6) is 0 Å². The van der Waals surface area contributed by atoms with Crippen molar-refractivity contribution in [1.82, 2.24) is 5.32 Å². The second-order valence-corrected chi connectivity index (χ2v) is 21.8. The summed E-state index contributed by atoms with van der Waals surface area (Å²) in [7, 11) is -2.94. The molecule has 1 aromatic carbocycles. The second kappa shape index (κ2) is 48.3. The van der Waals surface area contributed by atoms with Crippen LogP contribution in [-0.2, 0) is 58.0 Å². The van der Waals surface area contributed by atoms with Crippen molar-refractivity contribution >= 4 is 43.0 Å². The van der Waals surface area contributed by atoms with Crippen molar-refractivity contribution in [3.63, 3.8) is 0 Å². The molecule has 0 fully saturated rings. The predicted molar refractivity (Wildman–Crippen MR) is 297 cm³/mol. The summed E-state index contributed by atoms with van der Waals surface area (Å²) < 4.78 is 40.7. The normalized spacial score (nSPS) is 12.7. The molecule has 14 heteroatoms. The Balaban J connectivity index is 2.46. The molecule has 2 amide bonds. The highest BCUT2D eigenvalue weighted by Gasteiger charge is 2.29. The zero-order chi connectivity index (χ0) is 53.3. The van der Waals surface area contributed by atoms with E-state index < -0.39 is 25.8 Å². The van der Waals surface area contributed by atoms with Gasteiger partial charge in [0.05, 0.1) is 13.2 Å². The Morgan fingerprint density at radius 3 is 1.41 bits per heavy atom. The quantitative estimate of drug-likeness (QED) is 0.0275. The van der Waals surface area contributed by atoms with Crippen LogP contribution in [0.25, 0.3) is 0 Å². The van der Waals surface area contributed by atoms with E-state index in [4.69, 9.17) is 23.0 Å². The van der Waals surface area contributed by atoms with Gasteiger partial charge in [0.1, 0.15) is 6.61 Å². The number of phosphoric acid groups is 1. The van der Waals surface area contributed by atoms with Gasteiger partial charge in [0, 0.05) is 44.7 Å². The number of amides is 2. The maximum absolute atomic E-state index is 13.4. The molecule has 13 nitrogen and oxygen atoms in total. The number of hydrogen-bond donors (Lipinski definition) is 2. The third-order valence-electron chi connectivity index (χ3n) is 13.1. The fourth-order valence-corrected chi connectivity index (χ4v) is 9.54. The number of nitrogens with one attached hydrogen (secondary N) is 2. The van der Waals surface area contributed by atoms with Crippen LogP contribution in [0.4, 0.5) is 5.69 Å². The first-order valence-electron chi connectivity index (χ1n) is 29.1. The molecule has 1 aromatic rings. The molecular weight excluding hydrogens is 944 g/mol. The third-order valence-corrected chi connectivity index (χ3v) is 14.5. The van der Waals surface area contributed by atoms with Crippen molar-refractivity contribution in [1.29, 1.82) is 0 Å². The summed E-state index contributed by atoms with van der Waals surface area (Å²) in [4.78, 5) is 61.2. The van der Waals surface area contributed by atoms with Crippen molar-refractivity contribution in [2.45, 2.75) is 264 Å². The minimum absolute atomic E-state index is 0.0523. The summed E-state index contributed by atoms with van der Waals surface area (Å²) >= 11 is 0. The molecule has 0 saturated carbocycles. The first-order valence-corrected chi connectivity index (χ1v) is 30.6. The fraction of sp³-hybridized carbons (Fsp3) is 0.780. The first kappa shape index (κ1) is 67.6. The zero-order valence-corrected chi connectivity index (χ0v) is 47.4. The Morgan fingerprint density at radius 2 is 0.973 bits per heavy atom. The van der Waals surface area contributed by atoms with Crippen molar-refractivity contribution < 1.29 is 51.6 Å². The average Bonchev–Trinajstić information content (AvgIpc) is 3.38. The Hall–Kier alpha value is -3.38. The highest BCUT2D eigenvalue weighted by molar-refractivity contribution is 7.48. The number of phosphoric ester groups is 1. The average molecular weight is 1050 g/mol. The van der Waals surface area contributed by atoms with Gasteiger partial charge in [-0.3, -0.25) is 37.5 Å². The molecule has 73 heavy (non-hydrogen) atoms. The van der Waals surface area contributed by atoms with Gasteiger partial charge in [0.15, 0.2) is 11.9 Å². The van der Waals surface area contributed by atoms with Crippen LogP contribution in [0.3, 0.4) is 0 Å². The van der Waals surface area contributed by atoms with E-state index in [9.17, 15) is 28.5 Å². The molecule has 0 saturated heterocycles. The lowest BCUT2D eigenvalue weighted by atomic mass is 10.0. The summed E-state index contributed by atoms with van der Waals surface area (Å²) in [6.07, 6.45) is 43.0. The van der Waals surface area contributed by atoms with E-state index >= 15 is 0 Å². The highest BCUT2D eigenvalue weighted by Crippen LogP contribution is 2.48. The number of carbonyl (C=O) groups is 5. The van der Waals surface area contributed by atoms with Crippen LogP contribution in [0.1, 0.15) is 257 Å². The lowest BCUT2D eigenvalue weighted by molar-refractivity contribution is -0.161. The maximum atomic E-state index is 13.4. The molecular formula is C59H103N2O11P. The Labute approximate surface area is 443 Å². The number of aryl methyl sites for hydroxylation is 1. The smallest absolute Gasteiger partial charge is 0.462 e. The third kappa shape index (κ3) is 43.6. The molecule has 0 aliphatic carbocycles. The number of ketones is 1. The molecule has 2 N–H and O–H groups in total. The molecule has 0 aliphatic rings. The summed E-state index contributed by atoms with van der Waals surface area (Å²) in [5, 5.41) is 5.43. The lowest BCUT2D eigenvalue weighted by Gasteiger charge is -2.21. The number of hydrogen-bond acceptors (Lipinski definition) is 11. The minimum Gasteiger partial charge on any atom is -0.462 e. The van der Waals surface area contributed by atoms with Gasteiger partial charge >= 0.3 is 19.8 Å². The van der Waals surface area contributed by atoms with Crippen molar-refractivity contribution in [2.75, 3.05) is 38.8 Å². The van der Waals surface area contributed by atoms with E-state index in [1.807, 2.05) is 12.1 Å². The Bertz CT molecular complexity index is 1620. The molecule has 0 aliphatic heterocycles. The van der Waals surface area contributed by atoms with E-state index in [1.165, 1.54) is 187 Å². The Morgan fingerprint density at radius 1 is 0.534 bits per heavy atom. The minimum atomic E-state index is -4.12. The van der Waals surface area contributed by atoms with E-state index in [1.54, 1.807) is 12.1 Å². The van der Waals surface area contributed by atoms with Gasteiger partial charge in [-0.25, -0.2) is 4.57 Å². The zero-order valence-electron chi connectivity index (χ0n) is 46.5. The first-order chi connectivity index (χ1) is 35.5. The summed E-state index contributed by atoms with van der Waals surface area (Å²) in [6, 6.07) is 7.23. The number of ether oxygens (including phenoxy) is 2. The van der Waals surface area contributed by atoms with E-state index in [2.05, 4.69) is 24.5 Å². The number of carbonyl (C=O) groups excluding carboxylic acids is 5. The molecule has 0 spiro atoms. The number of benzene rings is 1. The van der Waals surface area contributed by atoms with Gasteiger partial charge < -0.3 is 20.1 Å². The van der Waals surface area contributed by atoms with Crippen LogP contribution in [-0.4, -0.2) is 69.1 Å². The molecule has 0 heterocycles. The summed E-state index contributed by atoms with van der Waals surface area (Å²) in [5.41, 5.74) is 1.58. The molecule has 420 valence electrons. The number of unbranched alkanes of at least 4 members (excludes halogenated alkanes) is 30. The molecule has 0 aromatic heterocycles. The van der Waals surface area contributed by atoms with Crippen LogP contribution in [0.15, 0.2) is 36.4 Å². The number of anilines is 1. The monoisotopic (exact) mass is 1050 g/mol. The molecule has 0 radical (unpaired) electrons. The largest absolute Gasteiger partial charge is 0.474 e. The Kier molecular flexibility index (Phi) is 44.7. The molecule has 1 rings (SSSR count). The van der Waals surface area contributed by atoms with E-state index in [0.717, 1.165) is 44.1 Å². The van der Waals surface area contributed by atoms with Crippen LogP contribution in [0, 0.1) is 0 Å². The van der Waals surface area contributed by atoms with Crippen LogP contribution >= 0.6 is 7.82 Å². The number of esters is 2. The maximum Gasteiger partial charge on any atom is 0.474 e. The van der Waals surface area contributed by atoms with E-state index in [0.29, 0.717) is 24.9 Å². The number of rotatable bonds is 52. The van der Waals surface area contributed by atoms with Crippen molar-refractivity contribution in [3.8, 4) is 0 Å². The van der Waals surface area contributed by atoms with Crippen molar-refractivity contribution in [2.24, 2.45) is 0 Å². The lowest BCUT2D eigenvalue weighted by Crippen LogP contribution is -2.30. The molecule has 2 unspecified atom stereocenters. The van der Waals surface area contributed by atoms with Gasteiger partial charge in [-0.15, -0.1) is 0 Å². The van der Waals surface area contributed by atoms with Gasteiger partial charge in [0.25, 0.3) is 0 Å². The summed E-state index contributed by atoms with van der Waals surface area (Å²) in [5.74, 6) is -1.65. The fourth-order valence-electron chi connectivity index (χ4n) is 8.59. The second-order valence-electron chi connectivity index (χ2n) is 20.0. The topological polar surface area (TPSA) is 173 Å².